The van der Waals surface area contributed by atoms with Crippen LogP contribution in [0.25, 0.3) is 0 Å². The fraction of sp³-hybridized carbons (Fsp3) is 0.450. The van der Waals surface area contributed by atoms with Gasteiger partial charge in [0.2, 0.25) is 0 Å². The van der Waals surface area contributed by atoms with E-state index in [-0.39, 0.29) is 77.8 Å². The first-order valence-electron chi connectivity index (χ1n) is 5.84. The van der Waals surface area contributed by atoms with E-state index >= 15 is 0 Å². The number of rotatable bonds is 6. The van der Waals surface area contributed by atoms with Gasteiger partial charge in [0.1, 0.15) is 0 Å². The Morgan fingerprint density at radius 1 is 0.818 bits per heavy atom. The molecule has 0 aliphatic heterocycles. The molecule has 0 spiro atoms. The summed E-state index contributed by atoms with van der Waals surface area (Å²) in [5.74, 6) is 0. The van der Waals surface area contributed by atoms with Crippen LogP contribution in [0.4, 0.5) is 0 Å². The number of hydrogen-bond acceptors (Lipinski definition) is 0. The van der Waals surface area contributed by atoms with Crippen LogP contribution in [0, 0.1) is 58.1 Å². The summed E-state index contributed by atoms with van der Waals surface area (Å²) >= 11 is 0. The Labute approximate surface area is 168 Å². The van der Waals surface area contributed by atoms with Crippen molar-refractivity contribution in [3.8, 4) is 0 Å². The van der Waals surface area contributed by atoms with Crippen molar-refractivity contribution >= 4 is 8.58 Å². The van der Waals surface area contributed by atoms with Crippen LogP contribution in [-0.2, 0) is 25.8 Å². The number of hydrogen-bond donors (Lipinski definition) is 0. The van der Waals surface area contributed by atoms with Crippen molar-refractivity contribution in [3.63, 3.8) is 0 Å². The molecule has 0 fully saturated rings. The molecule has 0 heterocycles. The van der Waals surface area contributed by atoms with Crippen LogP contribution in [0.1, 0.15) is 46.0 Å². The molecule has 0 radical (unpaired) electrons. The van der Waals surface area contributed by atoms with Gasteiger partial charge in [0.25, 0.3) is 0 Å². The molecule has 0 nitrogen and oxygen atoms in total. The average Bonchev–Trinajstić information content (AvgIpc) is 2.76. The zero-order chi connectivity index (χ0) is 10.5. The van der Waals surface area contributed by atoms with Gasteiger partial charge >= 0.3 is 0 Å². The summed E-state index contributed by atoms with van der Waals surface area (Å²) in [6, 6.07) is 0. The summed E-state index contributed by atoms with van der Waals surface area (Å²) in [4.78, 5) is 0. The maximum Gasteiger partial charge on any atom is 0 e. The molecule has 0 atom stereocenters. The van der Waals surface area contributed by atoms with E-state index in [1.54, 1.807) is 0 Å². The Kier molecular flexibility index (Phi) is 149. The monoisotopic (exact) mass is 496 g/mol. The van der Waals surface area contributed by atoms with Crippen molar-refractivity contribution in [1.82, 2.24) is 0 Å². The SMILES string of the molecule is CCCCPCCCC.[C-]1=CC=CC1.[CH3-].[CH3-].[CH3-].[CH3-].[CH3-].[CH3-].[CH3-].[Hf]. The minimum absolute atomic E-state index is 0. The standard InChI is InChI=1S/C8H19P.C5H5.7CH3.Hf/c1-3-5-7-9-8-6-4-2;1-2-4-5-3-1;;;;;;;;/h9H,3-8H2,1-2H3;1-3H,4H2;7*1H3;/q;8*-1;. The second-order valence-corrected chi connectivity index (χ2v) is 4.96. The minimum atomic E-state index is 0. The molecule has 0 saturated carbocycles. The van der Waals surface area contributed by atoms with Crippen LogP contribution in [0.5, 0.6) is 0 Å². The molecule has 142 valence electrons. The fourth-order valence-electron chi connectivity index (χ4n) is 1.07. The molecule has 0 amide bonds. The summed E-state index contributed by atoms with van der Waals surface area (Å²) in [7, 11) is 1.25. The molecule has 0 bridgehead atoms. The van der Waals surface area contributed by atoms with Crippen molar-refractivity contribution in [2.24, 2.45) is 0 Å². The van der Waals surface area contributed by atoms with Gasteiger partial charge in [0.05, 0.1) is 0 Å². The quantitative estimate of drug-likeness (QED) is 0.153. The molecule has 0 N–H and O–H groups in total. The van der Waals surface area contributed by atoms with E-state index in [0.717, 1.165) is 6.42 Å². The van der Waals surface area contributed by atoms with E-state index in [1.807, 2.05) is 12.2 Å². The number of unbranched alkanes of at least 4 members (excludes halogenated alkanes) is 2. The van der Waals surface area contributed by atoms with Crippen LogP contribution in [0.2, 0.25) is 0 Å². The third kappa shape index (κ3) is 58.6. The Balaban J connectivity index is -0.0000000169. The van der Waals surface area contributed by atoms with Gasteiger partial charge in [-0.25, -0.2) is 12.2 Å². The smallest absolute Gasteiger partial charge is 0 e. The van der Waals surface area contributed by atoms with Crippen LogP contribution < -0.4 is 0 Å². The predicted octanol–water partition coefficient (Wildman–Crippen LogP) is 7.72. The normalized spacial score (nSPS) is 8.09. The molecule has 0 unspecified atom stereocenters. The molecular formula is C20H45HfP-8. The summed E-state index contributed by atoms with van der Waals surface area (Å²) in [6.07, 6.45) is 18.6. The third-order valence-electron chi connectivity index (χ3n) is 2.00. The zero-order valence-corrected chi connectivity index (χ0v) is 21.8. The first-order valence-corrected chi connectivity index (χ1v) is 7.25. The zero-order valence-electron chi connectivity index (χ0n) is 17.2. The van der Waals surface area contributed by atoms with Crippen molar-refractivity contribution < 1.29 is 25.8 Å². The van der Waals surface area contributed by atoms with Crippen LogP contribution >= 0.6 is 8.58 Å². The second-order valence-electron chi connectivity index (χ2n) is 3.46. The van der Waals surface area contributed by atoms with Crippen molar-refractivity contribution in [2.75, 3.05) is 12.3 Å². The first-order chi connectivity index (χ1) is 6.91. The molecule has 1 rings (SSSR count). The van der Waals surface area contributed by atoms with E-state index in [2.05, 4.69) is 26.0 Å². The fourth-order valence-corrected chi connectivity index (χ4v) is 2.53. The van der Waals surface area contributed by atoms with Crippen LogP contribution in [-0.4, -0.2) is 12.3 Å². The van der Waals surface area contributed by atoms with Gasteiger partial charge in [-0.15, -0.1) is 15.0 Å². The Morgan fingerprint density at radius 2 is 1.23 bits per heavy atom. The van der Waals surface area contributed by atoms with E-state index in [0.29, 0.717) is 0 Å². The van der Waals surface area contributed by atoms with Gasteiger partial charge in [0.15, 0.2) is 0 Å². The predicted molar refractivity (Wildman–Crippen MR) is 114 cm³/mol. The molecule has 1 aliphatic carbocycles. The van der Waals surface area contributed by atoms with Crippen LogP contribution in [0.3, 0.4) is 0 Å². The van der Waals surface area contributed by atoms with E-state index in [9.17, 15) is 0 Å². The van der Waals surface area contributed by atoms with Crippen LogP contribution in [0.15, 0.2) is 18.2 Å². The van der Waals surface area contributed by atoms with Gasteiger partial charge in [-0.2, -0.15) is 6.08 Å². The summed E-state index contributed by atoms with van der Waals surface area (Å²) in [5, 5.41) is 0. The minimum Gasteiger partial charge on any atom is -0.358 e. The maximum atomic E-state index is 2.99. The molecule has 0 aromatic heterocycles. The third-order valence-corrected chi connectivity index (χ3v) is 3.41. The largest absolute Gasteiger partial charge is 0.358 e. The van der Waals surface area contributed by atoms with Crippen molar-refractivity contribution in [1.29, 1.82) is 0 Å². The van der Waals surface area contributed by atoms with Crippen molar-refractivity contribution in [3.05, 3.63) is 76.3 Å². The van der Waals surface area contributed by atoms with E-state index in [1.165, 1.54) is 46.6 Å². The Morgan fingerprint density at radius 3 is 1.41 bits per heavy atom. The van der Waals surface area contributed by atoms with Gasteiger partial charge < -0.3 is 52.0 Å². The summed E-state index contributed by atoms with van der Waals surface area (Å²) in [5.41, 5.74) is 0. The maximum absolute atomic E-state index is 2.99. The topological polar surface area (TPSA) is 0 Å². The number of allylic oxidation sites excluding steroid dienone is 4. The Hall–Kier alpha value is 0.780. The van der Waals surface area contributed by atoms with E-state index in [4.69, 9.17) is 0 Å². The molecule has 0 aromatic carbocycles. The molecule has 0 saturated heterocycles. The van der Waals surface area contributed by atoms with Gasteiger partial charge in [-0.05, 0) is 25.2 Å². The molecule has 22 heavy (non-hydrogen) atoms. The molecule has 2 heteroatoms. The molecule has 0 aromatic rings. The first kappa shape index (κ1) is 56.9. The van der Waals surface area contributed by atoms with Gasteiger partial charge in [-0.3, -0.25) is 6.08 Å². The van der Waals surface area contributed by atoms with Crippen molar-refractivity contribution in [2.45, 2.75) is 46.0 Å². The van der Waals surface area contributed by atoms with Gasteiger partial charge in [0, 0.05) is 25.8 Å². The summed E-state index contributed by atoms with van der Waals surface area (Å²) in [6.45, 7) is 4.54. The second kappa shape index (κ2) is 57.6. The molecular weight excluding hydrogens is 450 g/mol. The van der Waals surface area contributed by atoms with E-state index < -0.39 is 0 Å². The Bertz CT molecular complexity index is 138. The summed E-state index contributed by atoms with van der Waals surface area (Å²) < 4.78 is 0. The molecule has 1 aliphatic rings. The van der Waals surface area contributed by atoms with Gasteiger partial charge in [-0.1, -0.05) is 26.7 Å². The average molecular weight is 495 g/mol.